The molecule has 3 aromatic rings. The van der Waals surface area contributed by atoms with Gasteiger partial charge in [0.2, 0.25) is 0 Å². The van der Waals surface area contributed by atoms with Crippen molar-refractivity contribution in [3.8, 4) is 0 Å². The van der Waals surface area contributed by atoms with Crippen molar-refractivity contribution >= 4 is 11.0 Å². The summed E-state index contributed by atoms with van der Waals surface area (Å²) in [6, 6.07) is 19.4. The largest absolute Gasteiger partial charge is 0.388 e. The zero-order chi connectivity index (χ0) is 17.1. The lowest BCUT2D eigenvalue weighted by Crippen LogP contribution is -2.41. The van der Waals surface area contributed by atoms with Crippen LogP contribution in [0.4, 0.5) is 0 Å². The van der Waals surface area contributed by atoms with E-state index in [1.54, 1.807) is 0 Å². The number of hydrogen-bond acceptors (Lipinski definition) is 3. The molecule has 0 saturated carbocycles. The monoisotopic (exact) mass is 335 g/mol. The number of aliphatic hydroxyl groups excluding tert-OH is 1. The SMILES string of the molecule is OCc1nc2ccccc2n1C[C@H]1CCCCN1Cc1ccccc1. The summed E-state index contributed by atoms with van der Waals surface area (Å²) >= 11 is 0. The fourth-order valence-electron chi connectivity index (χ4n) is 3.95. The smallest absolute Gasteiger partial charge is 0.135 e. The van der Waals surface area contributed by atoms with Gasteiger partial charge in [0.15, 0.2) is 0 Å². The number of para-hydroxylation sites is 2. The van der Waals surface area contributed by atoms with E-state index in [0.29, 0.717) is 6.04 Å². The third kappa shape index (κ3) is 3.46. The first-order valence-corrected chi connectivity index (χ1v) is 9.18. The summed E-state index contributed by atoms with van der Waals surface area (Å²) in [5.74, 6) is 0.770. The first-order valence-electron chi connectivity index (χ1n) is 9.18. The molecule has 25 heavy (non-hydrogen) atoms. The van der Waals surface area contributed by atoms with Crippen LogP contribution in [0.2, 0.25) is 0 Å². The number of imidazole rings is 1. The molecule has 2 aromatic carbocycles. The predicted molar refractivity (Wildman–Crippen MR) is 100 cm³/mol. The molecule has 0 unspecified atom stereocenters. The van der Waals surface area contributed by atoms with Gasteiger partial charge in [0.1, 0.15) is 12.4 Å². The lowest BCUT2D eigenvalue weighted by atomic mass is 10.0. The molecule has 2 heterocycles. The van der Waals surface area contributed by atoms with Crippen LogP contribution in [-0.4, -0.2) is 32.1 Å². The second-order valence-electron chi connectivity index (χ2n) is 6.89. The summed E-state index contributed by atoms with van der Waals surface area (Å²) in [5, 5.41) is 9.75. The first kappa shape index (κ1) is 16.3. The zero-order valence-corrected chi connectivity index (χ0v) is 14.5. The highest BCUT2D eigenvalue weighted by Crippen LogP contribution is 2.24. The second-order valence-corrected chi connectivity index (χ2v) is 6.89. The van der Waals surface area contributed by atoms with Crippen LogP contribution in [0.3, 0.4) is 0 Å². The van der Waals surface area contributed by atoms with Crippen molar-refractivity contribution in [3.63, 3.8) is 0 Å². The molecule has 0 aliphatic carbocycles. The van der Waals surface area contributed by atoms with Gasteiger partial charge >= 0.3 is 0 Å². The Hall–Kier alpha value is -2.17. The molecule has 4 rings (SSSR count). The van der Waals surface area contributed by atoms with E-state index < -0.39 is 0 Å². The van der Waals surface area contributed by atoms with E-state index in [1.807, 2.05) is 18.2 Å². The highest BCUT2D eigenvalue weighted by atomic mass is 16.3. The van der Waals surface area contributed by atoms with Crippen LogP contribution >= 0.6 is 0 Å². The predicted octanol–water partition coefficient (Wildman–Crippen LogP) is 3.58. The van der Waals surface area contributed by atoms with Crippen molar-refractivity contribution in [1.82, 2.24) is 14.5 Å². The summed E-state index contributed by atoms with van der Waals surface area (Å²) in [7, 11) is 0. The fourth-order valence-corrected chi connectivity index (χ4v) is 3.95. The Morgan fingerprint density at radius 3 is 2.64 bits per heavy atom. The number of likely N-dealkylation sites (tertiary alicyclic amines) is 1. The van der Waals surface area contributed by atoms with Crippen LogP contribution in [0.1, 0.15) is 30.7 Å². The van der Waals surface area contributed by atoms with E-state index in [4.69, 9.17) is 0 Å². The van der Waals surface area contributed by atoms with Gasteiger partial charge in [-0.2, -0.15) is 0 Å². The minimum atomic E-state index is -0.0138. The van der Waals surface area contributed by atoms with Gasteiger partial charge in [0.25, 0.3) is 0 Å². The maximum absolute atomic E-state index is 9.75. The normalized spacial score (nSPS) is 18.7. The highest BCUT2D eigenvalue weighted by molar-refractivity contribution is 5.75. The summed E-state index contributed by atoms with van der Waals surface area (Å²) in [4.78, 5) is 7.19. The summed E-state index contributed by atoms with van der Waals surface area (Å²) < 4.78 is 2.21. The average molecular weight is 335 g/mol. The Morgan fingerprint density at radius 2 is 1.80 bits per heavy atom. The molecule has 1 aliphatic heterocycles. The summed E-state index contributed by atoms with van der Waals surface area (Å²) in [5.41, 5.74) is 3.46. The lowest BCUT2D eigenvalue weighted by molar-refractivity contribution is 0.123. The molecule has 130 valence electrons. The third-order valence-electron chi connectivity index (χ3n) is 5.25. The fraction of sp³-hybridized carbons (Fsp3) is 0.381. The minimum Gasteiger partial charge on any atom is -0.388 e. The summed E-state index contributed by atoms with van der Waals surface area (Å²) in [6.45, 7) is 3.01. The zero-order valence-electron chi connectivity index (χ0n) is 14.5. The number of aliphatic hydroxyl groups is 1. The second kappa shape index (κ2) is 7.38. The van der Waals surface area contributed by atoms with E-state index in [0.717, 1.165) is 36.5 Å². The molecule has 0 bridgehead atoms. The standard InChI is InChI=1S/C21H25N3O/c25-16-21-22-19-11-4-5-12-20(19)24(21)15-18-10-6-7-13-23(18)14-17-8-2-1-3-9-17/h1-5,8-9,11-12,18,25H,6-7,10,13-16H2/t18-/m1/s1. The molecule has 4 nitrogen and oxygen atoms in total. The quantitative estimate of drug-likeness (QED) is 0.775. The average Bonchev–Trinajstić information content (AvgIpc) is 3.02. The molecule has 0 radical (unpaired) electrons. The van der Waals surface area contributed by atoms with E-state index in [-0.39, 0.29) is 6.61 Å². The van der Waals surface area contributed by atoms with Crippen LogP contribution in [0.15, 0.2) is 54.6 Å². The number of aromatic nitrogens is 2. The molecule has 1 N–H and O–H groups in total. The maximum Gasteiger partial charge on any atom is 0.135 e. The number of piperidine rings is 1. The van der Waals surface area contributed by atoms with Crippen LogP contribution in [-0.2, 0) is 19.7 Å². The molecule has 1 fully saturated rings. The molecule has 0 spiro atoms. The highest BCUT2D eigenvalue weighted by Gasteiger charge is 2.24. The molecular weight excluding hydrogens is 310 g/mol. The van der Waals surface area contributed by atoms with Crippen LogP contribution in [0, 0.1) is 0 Å². The van der Waals surface area contributed by atoms with Gasteiger partial charge in [0.05, 0.1) is 11.0 Å². The van der Waals surface area contributed by atoms with Gasteiger partial charge in [-0.3, -0.25) is 4.90 Å². The molecular formula is C21H25N3O. The summed E-state index contributed by atoms with van der Waals surface area (Å²) in [6.07, 6.45) is 3.74. The van der Waals surface area contributed by atoms with E-state index in [1.165, 1.54) is 24.8 Å². The maximum atomic E-state index is 9.75. The van der Waals surface area contributed by atoms with Crippen molar-refractivity contribution in [2.45, 2.75) is 45.0 Å². The Bertz CT molecular complexity index is 828. The van der Waals surface area contributed by atoms with E-state index >= 15 is 0 Å². The van der Waals surface area contributed by atoms with Gasteiger partial charge in [-0.15, -0.1) is 0 Å². The van der Waals surface area contributed by atoms with Crippen LogP contribution < -0.4 is 0 Å². The van der Waals surface area contributed by atoms with Crippen molar-refractivity contribution in [3.05, 3.63) is 66.0 Å². The molecule has 1 atom stereocenters. The topological polar surface area (TPSA) is 41.3 Å². The Labute approximate surface area is 148 Å². The van der Waals surface area contributed by atoms with Gasteiger partial charge in [-0.1, -0.05) is 48.9 Å². The van der Waals surface area contributed by atoms with Crippen molar-refractivity contribution < 1.29 is 5.11 Å². The molecule has 1 aromatic heterocycles. The van der Waals surface area contributed by atoms with Crippen LogP contribution in [0.5, 0.6) is 0 Å². The lowest BCUT2D eigenvalue weighted by Gasteiger charge is -2.36. The van der Waals surface area contributed by atoms with Gasteiger partial charge in [0, 0.05) is 19.1 Å². The molecule has 1 aliphatic rings. The first-order chi connectivity index (χ1) is 12.3. The van der Waals surface area contributed by atoms with Gasteiger partial charge in [-0.05, 0) is 37.1 Å². The number of rotatable bonds is 5. The van der Waals surface area contributed by atoms with Gasteiger partial charge < -0.3 is 9.67 Å². The number of benzene rings is 2. The van der Waals surface area contributed by atoms with Crippen molar-refractivity contribution in [2.24, 2.45) is 0 Å². The Balaban J connectivity index is 1.59. The third-order valence-corrected chi connectivity index (χ3v) is 5.25. The molecule has 4 heteroatoms. The minimum absolute atomic E-state index is 0.0138. The van der Waals surface area contributed by atoms with Crippen LogP contribution in [0.25, 0.3) is 11.0 Å². The molecule has 0 amide bonds. The van der Waals surface area contributed by atoms with Crippen molar-refractivity contribution in [1.29, 1.82) is 0 Å². The number of fused-ring (bicyclic) bond motifs is 1. The number of hydrogen-bond donors (Lipinski definition) is 1. The molecule has 1 saturated heterocycles. The van der Waals surface area contributed by atoms with E-state index in [2.05, 4.69) is 50.8 Å². The Kier molecular flexibility index (Phi) is 4.81. The Morgan fingerprint density at radius 1 is 1.00 bits per heavy atom. The number of nitrogens with zero attached hydrogens (tertiary/aromatic N) is 3. The van der Waals surface area contributed by atoms with Crippen molar-refractivity contribution in [2.75, 3.05) is 6.54 Å². The van der Waals surface area contributed by atoms with E-state index in [9.17, 15) is 5.11 Å². The van der Waals surface area contributed by atoms with Gasteiger partial charge in [-0.25, -0.2) is 4.98 Å².